The molecular formula is C24H24FN4O4+. The first-order chi connectivity index (χ1) is 15.6. The molecule has 0 saturated carbocycles. The maximum absolute atomic E-state index is 13.7. The molecule has 4 atom stereocenters. The molecule has 5 N–H and O–H groups in total. The minimum absolute atomic E-state index is 0.0360. The zero-order valence-electron chi connectivity index (χ0n) is 18.2. The number of nitrogens with zero attached hydrogens (tertiary/aromatic N) is 1. The van der Waals surface area contributed by atoms with E-state index in [2.05, 4.69) is 5.32 Å². The highest BCUT2D eigenvalue weighted by molar-refractivity contribution is 6.14. The highest BCUT2D eigenvalue weighted by Gasteiger charge is 2.74. The molecule has 2 aromatic carbocycles. The molecule has 2 saturated heterocycles. The summed E-state index contributed by atoms with van der Waals surface area (Å²) in [4.78, 5) is 53.6. The molecule has 9 heteroatoms. The van der Waals surface area contributed by atoms with Crippen LogP contribution < -0.4 is 16.4 Å². The Hall–Kier alpha value is -3.59. The van der Waals surface area contributed by atoms with Crippen molar-refractivity contribution in [2.45, 2.75) is 38.4 Å². The second-order valence-corrected chi connectivity index (χ2v) is 9.15. The second kappa shape index (κ2) is 7.21. The van der Waals surface area contributed by atoms with Gasteiger partial charge in [0.2, 0.25) is 23.3 Å². The normalized spacial score (nSPS) is 27.8. The number of likely N-dealkylation sites (tertiary alicyclic amines) is 1. The van der Waals surface area contributed by atoms with Crippen LogP contribution in [0.15, 0.2) is 36.4 Å². The summed E-state index contributed by atoms with van der Waals surface area (Å²) in [6.45, 7) is 3.79. The van der Waals surface area contributed by atoms with Crippen molar-refractivity contribution in [2.75, 3.05) is 5.32 Å². The van der Waals surface area contributed by atoms with Crippen molar-refractivity contribution in [3.05, 3.63) is 64.5 Å². The van der Waals surface area contributed by atoms with Crippen LogP contribution in [0.5, 0.6) is 0 Å². The first-order valence-electron chi connectivity index (χ1n) is 10.8. The molecule has 3 aliphatic rings. The maximum Gasteiger partial charge on any atom is 0.291 e. The van der Waals surface area contributed by atoms with E-state index in [1.807, 2.05) is 26.0 Å². The summed E-state index contributed by atoms with van der Waals surface area (Å²) in [6, 6.07) is 8.60. The third kappa shape index (κ3) is 2.92. The van der Waals surface area contributed by atoms with E-state index in [9.17, 15) is 23.6 Å². The summed E-state index contributed by atoms with van der Waals surface area (Å²) in [7, 11) is 0. The average molecular weight is 451 g/mol. The lowest BCUT2D eigenvalue weighted by Gasteiger charge is -2.26. The van der Waals surface area contributed by atoms with Gasteiger partial charge in [-0.2, -0.15) is 0 Å². The predicted molar refractivity (Wildman–Crippen MR) is 115 cm³/mol. The average Bonchev–Trinajstić information content (AvgIpc) is 3.33. The first kappa shape index (κ1) is 21.3. The maximum atomic E-state index is 13.7. The van der Waals surface area contributed by atoms with Crippen LogP contribution in [0.25, 0.3) is 0 Å². The van der Waals surface area contributed by atoms with Gasteiger partial charge in [0.25, 0.3) is 5.91 Å². The van der Waals surface area contributed by atoms with E-state index in [-0.39, 0.29) is 18.9 Å². The van der Waals surface area contributed by atoms with E-state index in [1.165, 1.54) is 24.3 Å². The number of imide groups is 1. The van der Waals surface area contributed by atoms with Gasteiger partial charge in [0.1, 0.15) is 23.7 Å². The molecule has 33 heavy (non-hydrogen) atoms. The van der Waals surface area contributed by atoms with Gasteiger partial charge in [-0.15, -0.1) is 0 Å². The van der Waals surface area contributed by atoms with Crippen LogP contribution in [-0.2, 0) is 31.3 Å². The zero-order chi connectivity index (χ0) is 23.7. The summed E-state index contributed by atoms with van der Waals surface area (Å²) >= 11 is 0. The molecule has 0 aromatic heterocycles. The summed E-state index contributed by atoms with van der Waals surface area (Å²) in [6.07, 6.45) is -0.139. The molecule has 5 rings (SSSR count). The third-order valence-electron chi connectivity index (χ3n) is 7.36. The molecule has 2 aromatic rings. The van der Waals surface area contributed by atoms with Crippen molar-refractivity contribution in [1.82, 2.24) is 4.90 Å². The molecule has 3 heterocycles. The number of rotatable bonds is 4. The van der Waals surface area contributed by atoms with Gasteiger partial charge in [-0.1, -0.05) is 18.2 Å². The monoisotopic (exact) mass is 451 g/mol. The summed E-state index contributed by atoms with van der Waals surface area (Å²) in [5.74, 6) is -4.17. The number of nitrogens with one attached hydrogen (secondary N) is 1. The lowest BCUT2D eigenvalue weighted by molar-refractivity contribution is -0.732. The molecule has 170 valence electrons. The van der Waals surface area contributed by atoms with E-state index < -0.39 is 47.0 Å². The van der Waals surface area contributed by atoms with Gasteiger partial charge in [0.05, 0.1) is 18.7 Å². The molecule has 3 aliphatic heterocycles. The summed E-state index contributed by atoms with van der Waals surface area (Å²) in [5, 5.41) is 4.61. The minimum atomic E-state index is -1.36. The Morgan fingerprint density at radius 3 is 2.48 bits per heavy atom. The Labute approximate surface area is 189 Å². The van der Waals surface area contributed by atoms with Crippen molar-refractivity contribution in [1.29, 1.82) is 0 Å². The zero-order valence-corrected chi connectivity index (χ0v) is 18.2. The number of nitrogens with two attached hydrogens (primary N) is 2. The number of hydrogen-bond acceptors (Lipinski definition) is 4. The topological polar surface area (TPSA) is 126 Å². The first-order valence-corrected chi connectivity index (χ1v) is 10.8. The minimum Gasteiger partial charge on any atom is -0.369 e. The number of primary amides is 1. The van der Waals surface area contributed by atoms with Crippen LogP contribution in [0.3, 0.4) is 0 Å². The lowest BCUT2D eigenvalue weighted by atomic mass is 9.76. The van der Waals surface area contributed by atoms with Crippen LogP contribution >= 0.6 is 0 Å². The highest BCUT2D eigenvalue weighted by Crippen LogP contribution is 2.50. The standard InChI is InChI=1S/C24H23FN4O4/c1-11-3-8-15-20(12(11)2)27-23(33)24(15)19-18(16(28-24)9-17(26)30)21(31)29(22(19)32)10-13-4-6-14(25)7-5-13/h3-8,16,18-19,28H,9-10H2,1-2H3,(H2,26,30)(H,27,33)/p+1/t16-,18-,19+,24+/m1/s1. The van der Waals surface area contributed by atoms with Gasteiger partial charge in [-0.25, -0.2) is 4.39 Å². The quantitative estimate of drug-likeness (QED) is 0.575. The van der Waals surface area contributed by atoms with Crippen LogP contribution in [0.2, 0.25) is 0 Å². The van der Waals surface area contributed by atoms with Gasteiger partial charge in [0, 0.05) is 5.56 Å². The van der Waals surface area contributed by atoms with E-state index >= 15 is 0 Å². The number of halogens is 1. The number of fused-ring (bicyclic) bond motifs is 4. The molecule has 0 radical (unpaired) electrons. The fourth-order valence-electron chi connectivity index (χ4n) is 5.69. The van der Waals surface area contributed by atoms with Gasteiger partial charge in [-0.05, 0) is 48.7 Å². The number of amides is 4. The van der Waals surface area contributed by atoms with E-state index in [0.717, 1.165) is 16.0 Å². The van der Waals surface area contributed by atoms with Crippen LogP contribution in [-0.4, -0.2) is 34.6 Å². The Balaban J connectivity index is 1.61. The number of anilines is 1. The fourth-order valence-corrected chi connectivity index (χ4v) is 5.69. The molecular weight excluding hydrogens is 427 g/mol. The van der Waals surface area contributed by atoms with Gasteiger partial charge in [-0.3, -0.25) is 24.1 Å². The molecule has 1 spiro atoms. The Morgan fingerprint density at radius 1 is 1.12 bits per heavy atom. The van der Waals surface area contributed by atoms with E-state index in [4.69, 9.17) is 5.73 Å². The Kier molecular flexibility index (Phi) is 4.65. The van der Waals surface area contributed by atoms with Crippen LogP contribution in [0.4, 0.5) is 10.1 Å². The molecule has 4 amide bonds. The van der Waals surface area contributed by atoms with Crippen molar-refractivity contribution in [3.8, 4) is 0 Å². The molecule has 0 unspecified atom stereocenters. The van der Waals surface area contributed by atoms with Gasteiger partial charge >= 0.3 is 0 Å². The fraction of sp³-hybridized carbons (Fsp3) is 0.333. The predicted octanol–water partition coefficient (Wildman–Crippen LogP) is 0.212. The number of carbonyl (C=O) groups excluding carboxylic acids is 4. The second-order valence-electron chi connectivity index (χ2n) is 9.15. The molecule has 2 fully saturated rings. The molecule has 0 aliphatic carbocycles. The third-order valence-corrected chi connectivity index (χ3v) is 7.36. The van der Waals surface area contributed by atoms with Crippen molar-refractivity contribution >= 4 is 29.3 Å². The number of benzene rings is 2. The van der Waals surface area contributed by atoms with E-state index in [0.29, 0.717) is 16.8 Å². The van der Waals surface area contributed by atoms with Crippen molar-refractivity contribution in [3.63, 3.8) is 0 Å². The molecule has 0 bridgehead atoms. The van der Waals surface area contributed by atoms with Crippen molar-refractivity contribution in [2.24, 2.45) is 17.6 Å². The number of hydrogen-bond donors (Lipinski definition) is 3. The largest absolute Gasteiger partial charge is 0.369 e. The smallest absolute Gasteiger partial charge is 0.291 e. The van der Waals surface area contributed by atoms with Crippen molar-refractivity contribution < 1.29 is 28.9 Å². The lowest BCUT2D eigenvalue weighted by Crippen LogP contribution is -2.99. The van der Waals surface area contributed by atoms with E-state index in [1.54, 1.807) is 5.32 Å². The number of quaternary nitrogens is 1. The summed E-state index contributed by atoms with van der Waals surface area (Å²) < 4.78 is 13.3. The number of carbonyl (C=O) groups is 4. The Bertz CT molecular complexity index is 1230. The Morgan fingerprint density at radius 2 is 1.82 bits per heavy atom. The molecule has 8 nitrogen and oxygen atoms in total. The SMILES string of the molecule is Cc1ccc2c(c1C)NC(=O)[C@]21[NH2+][C@H](CC(N)=O)[C@H]2C(=O)N(Cc3ccc(F)cc3)C(=O)[C@H]21. The van der Waals surface area contributed by atoms with Crippen LogP contribution in [0.1, 0.15) is 28.7 Å². The highest BCUT2D eigenvalue weighted by atomic mass is 19.1. The number of aryl methyl sites for hydroxylation is 1. The van der Waals surface area contributed by atoms with Crippen LogP contribution in [0, 0.1) is 31.5 Å². The van der Waals surface area contributed by atoms with Gasteiger partial charge < -0.3 is 16.4 Å². The van der Waals surface area contributed by atoms with Gasteiger partial charge in [0.15, 0.2) is 0 Å². The summed E-state index contributed by atoms with van der Waals surface area (Å²) in [5.41, 5.74) is 7.86.